The minimum absolute atomic E-state index is 0.0281. The van der Waals surface area contributed by atoms with Crippen LogP contribution in [0.5, 0.6) is 5.75 Å². The highest BCUT2D eigenvalue weighted by atomic mass is 35.5. The molecule has 0 aliphatic rings. The van der Waals surface area contributed by atoms with Gasteiger partial charge < -0.3 is 10.1 Å². The number of amides is 1. The second-order valence-electron chi connectivity index (χ2n) is 7.92. The number of hydrogen-bond acceptors (Lipinski definition) is 4. The molecule has 2 N–H and O–H groups in total. The minimum atomic E-state index is -3.98. The summed E-state index contributed by atoms with van der Waals surface area (Å²) in [5.41, 5.74) is 2.61. The summed E-state index contributed by atoms with van der Waals surface area (Å²) in [6, 6.07) is 18.9. The topological polar surface area (TPSA) is 84.5 Å². The molecular formula is C25H27ClN2O4S. The normalized spacial score (nSPS) is 11.3. The van der Waals surface area contributed by atoms with Crippen molar-refractivity contribution in [1.29, 1.82) is 0 Å². The molecule has 3 aromatic carbocycles. The fourth-order valence-corrected chi connectivity index (χ4v) is 4.86. The van der Waals surface area contributed by atoms with Crippen LogP contribution >= 0.6 is 11.6 Å². The number of halogens is 1. The van der Waals surface area contributed by atoms with Crippen molar-refractivity contribution in [3.63, 3.8) is 0 Å². The van der Waals surface area contributed by atoms with E-state index in [9.17, 15) is 13.2 Å². The van der Waals surface area contributed by atoms with E-state index in [2.05, 4.69) is 23.9 Å². The molecule has 1 amide bonds. The molecule has 0 aliphatic carbocycles. The average Bonchev–Trinajstić information content (AvgIpc) is 2.76. The highest BCUT2D eigenvalue weighted by Crippen LogP contribution is 2.26. The summed E-state index contributed by atoms with van der Waals surface area (Å²) in [7, 11) is -3.98. The van der Waals surface area contributed by atoms with E-state index in [0.717, 1.165) is 16.9 Å². The SMILES string of the molecule is Cc1cccc(NS(=O)(=O)c2cc(C(=O)NCCOc3ccccc3C(C)C)ccc2Cl)c1. The molecule has 0 aliphatic heterocycles. The maximum atomic E-state index is 12.9. The van der Waals surface area contributed by atoms with E-state index in [1.54, 1.807) is 18.2 Å². The first-order valence-corrected chi connectivity index (χ1v) is 12.4. The van der Waals surface area contributed by atoms with Crippen LogP contribution in [0.2, 0.25) is 5.02 Å². The lowest BCUT2D eigenvalue weighted by molar-refractivity contribution is 0.0946. The van der Waals surface area contributed by atoms with Gasteiger partial charge in [0.1, 0.15) is 17.3 Å². The molecule has 6 nitrogen and oxygen atoms in total. The van der Waals surface area contributed by atoms with Crippen LogP contribution in [0.25, 0.3) is 0 Å². The molecule has 0 aromatic heterocycles. The van der Waals surface area contributed by atoms with Gasteiger partial charge in [-0.1, -0.05) is 55.8 Å². The summed E-state index contributed by atoms with van der Waals surface area (Å²) in [4.78, 5) is 12.4. The van der Waals surface area contributed by atoms with Crippen molar-refractivity contribution in [3.8, 4) is 5.75 Å². The minimum Gasteiger partial charge on any atom is -0.491 e. The van der Waals surface area contributed by atoms with Gasteiger partial charge in [0.25, 0.3) is 15.9 Å². The highest BCUT2D eigenvalue weighted by molar-refractivity contribution is 7.92. The molecule has 0 bridgehead atoms. The lowest BCUT2D eigenvalue weighted by Crippen LogP contribution is -2.28. The zero-order valence-electron chi connectivity index (χ0n) is 18.8. The molecule has 0 fully saturated rings. The summed E-state index contributed by atoms with van der Waals surface area (Å²) in [5, 5.41) is 2.78. The fraction of sp³-hybridized carbons (Fsp3) is 0.240. The zero-order valence-corrected chi connectivity index (χ0v) is 20.3. The van der Waals surface area contributed by atoms with Crippen molar-refractivity contribution in [2.24, 2.45) is 0 Å². The number of rotatable bonds is 9. The third kappa shape index (κ3) is 6.49. The molecule has 0 unspecified atom stereocenters. The van der Waals surface area contributed by atoms with Gasteiger partial charge in [-0.3, -0.25) is 9.52 Å². The molecule has 3 aromatic rings. The van der Waals surface area contributed by atoms with Crippen LogP contribution in [0.15, 0.2) is 71.6 Å². The predicted molar refractivity (Wildman–Crippen MR) is 132 cm³/mol. The summed E-state index contributed by atoms with van der Waals surface area (Å²) in [6.07, 6.45) is 0. The van der Waals surface area contributed by atoms with E-state index in [1.165, 1.54) is 18.2 Å². The Bertz CT molecular complexity index is 1240. The first-order chi connectivity index (χ1) is 15.7. The average molecular weight is 487 g/mol. The van der Waals surface area contributed by atoms with Crippen LogP contribution in [0.4, 0.5) is 5.69 Å². The number of aryl methyl sites for hydroxylation is 1. The number of hydrogen-bond donors (Lipinski definition) is 2. The molecule has 0 atom stereocenters. The van der Waals surface area contributed by atoms with Crippen molar-refractivity contribution in [2.45, 2.75) is 31.6 Å². The van der Waals surface area contributed by atoms with Crippen molar-refractivity contribution < 1.29 is 17.9 Å². The zero-order chi connectivity index (χ0) is 24.0. The number of carbonyl (C=O) groups is 1. The molecule has 0 saturated heterocycles. The van der Waals surface area contributed by atoms with E-state index in [-0.39, 0.29) is 28.6 Å². The molecule has 0 saturated carbocycles. The highest BCUT2D eigenvalue weighted by Gasteiger charge is 2.20. The summed E-state index contributed by atoms with van der Waals surface area (Å²) < 4.78 is 34.1. The van der Waals surface area contributed by atoms with Crippen LogP contribution in [-0.4, -0.2) is 27.5 Å². The first kappa shape index (κ1) is 24.6. The maximum Gasteiger partial charge on any atom is 0.263 e. The second-order valence-corrected chi connectivity index (χ2v) is 9.98. The van der Waals surface area contributed by atoms with Crippen molar-refractivity contribution in [3.05, 3.63) is 88.4 Å². The van der Waals surface area contributed by atoms with Crippen LogP contribution in [0, 0.1) is 6.92 Å². The van der Waals surface area contributed by atoms with Gasteiger partial charge in [0.15, 0.2) is 0 Å². The van der Waals surface area contributed by atoms with Gasteiger partial charge in [-0.25, -0.2) is 8.42 Å². The molecule has 3 rings (SSSR count). The molecule has 33 heavy (non-hydrogen) atoms. The van der Waals surface area contributed by atoms with Gasteiger partial charge in [0.2, 0.25) is 0 Å². The Kier molecular flexibility index (Phi) is 8.00. The third-order valence-corrected chi connectivity index (χ3v) is 6.80. The summed E-state index contributed by atoms with van der Waals surface area (Å²) in [5.74, 6) is 0.682. The Labute approximate surface area is 200 Å². The van der Waals surface area contributed by atoms with E-state index >= 15 is 0 Å². The van der Waals surface area contributed by atoms with Crippen molar-refractivity contribution >= 4 is 33.2 Å². The monoisotopic (exact) mass is 486 g/mol. The maximum absolute atomic E-state index is 12.9. The number of para-hydroxylation sites is 1. The number of carbonyl (C=O) groups excluding carboxylic acids is 1. The summed E-state index contributed by atoms with van der Waals surface area (Å²) in [6.45, 7) is 6.58. The van der Waals surface area contributed by atoms with Gasteiger partial charge in [-0.15, -0.1) is 0 Å². The number of nitrogens with one attached hydrogen (secondary N) is 2. The van der Waals surface area contributed by atoms with Gasteiger partial charge in [-0.2, -0.15) is 0 Å². The molecule has 0 heterocycles. The van der Waals surface area contributed by atoms with Crippen LogP contribution in [0.1, 0.15) is 41.3 Å². The van der Waals surface area contributed by atoms with Crippen molar-refractivity contribution in [2.75, 3.05) is 17.9 Å². The largest absolute Gasteiger partial charge is 0.491 e. The smallest absolute Gasteiger partial charge is 0.263 e. The lowest BCUT2D eigenvalue weighted by Gasteiger charge is -2.14. The van der Waals surface area contributed by atoms with Crippen LogP contribution < -0.4 is 14.8 Å². The van der Waals surface area contributed by atoms with Crippen molar-refractivity contribution in [1.82, 2.24) is 5.32 Å². The molecular weight excluding hydrogens is 460 g/mol. The Morgan fingerprint density at radius 3 is 2.52 bits per heavy atom. The Balaban J connectivity index is 1.65. The van der Waals surface area contributed by atoms with Gasteiger partial charge >= 0.3 is 0 Å². The third-order valence-electron chi connectivity index (χ3n) is 4.94. The van der Waals surface area contributed by atoms with Crippen LogP contribution in [-0.2, 0) is 10.0 Å². The number of sulfonamides is 1. The lowest BCUT2D eigenvalue weighted by atomic mass is 10.0. The first-order valence-electron chi connectivity index (χ1n) is 10.6. The van der Waals surface area contributed by atoms with Gasteiger partial charge in [-0.05, 0) is 60.4 Å². The van der Waals surface area contributed by atoms with E-state index in [0.29, 0.717) is 11.6 Å². The molecule has 174 valence electrons. The quantitative estimate of drug-likeness (QED) is 0.397. The fourth-order valence-electron chi connectivity index (χ4n) is 3.29. The number of anilines is 1. The van der Waals surface area contributed by atoms with Gasteiger partial charge in [0, 0.05) is 11.3 Å². The Hall–Kier alpha value is -3.03. The number of benzene rings is 3. The van der Waals surface area contributed by atoms with Gasteiger partial charge in [0.05, 0.1) is 11.6 Å². The van der Waals surface area contributed by atoms with E-state index < -0.39 is 15.9 Å². The van der Waals surface area contributed by atoms with E-state index in [1.807, 2.05) is 37.3 Å². The predicted octanol–water partition coefficient (Wildman–Crippen LogP) is 5.38. The standard InChI is InChI=1S/C25H27ClN2O4S/c1-17(2)21-9-4-5-10-23(21)32-14-13-27-25(29)19-11-12-22(26)24(16-19)33(30,31)28-20-8-6-7-18(3)15-20/h4-12,15-17,28H,13-14H2,1-3H3,(H,27,29). The second kappa shape index (κ2) is 10.7. The molecule has 8 heteroatoms. The number of ether oxygens (including phenoxy) is 1. The van der Waals surface area contributed by atoms with Crippen LogP contribution in [0.3, 0.4) is 0 Å². The molecule has 0 spiro atoms. The Morgan fingerprint density at radius 2 is 1.79 bits per heavy atom. The van der Waals surface area contributed by atoms with E-state index in [4.69, 9.17) is 16.3 Å². The Morgan fingerprint density at radius 1 is 1.03 bits per heavy atom. The summed E-state index contributed by atoms with van der Waals surface area (Å²) >= 11 is 6.15. The molecule has 0 radical (unpaired) electrons.